The molecule has 0 aromatic carbocycles. The van der Waals surface area contributed by atoms with Crippen molar-refractivity contribution >= 4 is 23.7 Å². The van der Waals surface area contributed by atoms with Gasteiger partial charge < -0.3 is 5.73 Å². The zero-order valence-electron chi connectivity index (χ0n) is 7.01. The average molecular weight is 221 g/mol. The number of hydrogen-bond donors (Lipinski definition) is 1. The number of nitrogens with two attached hydrogens (primary N) is 1. The van der Waals surface area contributed by atoms with Gasteiger partial charge in [0.05, 0.1) is 5.56 Å². The van der Waals surface area contributed by atoms with Gasteiger partial charge >= 0.3 is 0 Å². The van der Waals surface area contributed by atoms with E-state index in [1.54, 1.807) is 0 Å². The second kappa shape index (κ2) is 4.32. The lowest BCUT2D eigenvalue weighted by Gasteiger charge is -2.08. The summed E-state index contributed by atoms with van der Waals surface area (Å²) in [4.78, 5) is 14.0. The number of pyridine rings is 1. The van der Waals surface area contributed by atoms with E-state index >= 15 is 0 Å². The van der Waals surface area contributed by atoms with E-state index in [1.165, 1.54) is 6.07 Å². The van der Waals surface area contributed by atoms with Crippen molar-refractivity contribution in [1.29, 1.82) is 0 Å². The number of aromatic nitrogens is 1. The maximum absolute atomic E-state index is 12.5. The first-order valence-corrected chi connectivity index (χ1v) is 4.22. The normalized spacial score (nSPS) is 10.6. The number of rotatable bonds is 3. The number of anilines is 1. The maximum Gasteiger partial charge on any atom is 0.266 e. The molecule has 14 heavy (non-hydrogen) atoms. The van der Waals surface area contributed by atoms with Gasteiger partial charge in [0, 0.05) is 5.88 Å². The Kier molecular flexibility index (Phi) is 3.35. The van der Waals surface area contributed by atoms with E-state index in [9.17, 15) is 13.6 Å². The number of alkyl halides is 3. The summed E-state index contributed by atoms with van der Waals surface area (Å²) in [5, 5.41) is 0. The number of nitrogens with zero attached hydrogens (tertiary/aromatic N) is 1. The first-order chi connectivity index (χ1) is 6.60. The van der Waals surface area contributed by atoms with Crippen LogP contribution < -0.4 is 5.73 Å². The highest BCUT2D eigenvalue weighted by Crippen LogP contribution is 2.27. The lowest BCUT2D eigenvalue weighted by atomic mass is 10.1. The molecule has 1 aromatic rings. The summed E-state index contributed by atoms with van der Waals surface area (Å²) < 4.78 is 25.0. The van der Waals surface area contributed by atoms with Crippen LogP contribution in [0.3, 0.4) is 0 Å². The molecule has 1 heterocycles. The van der Waals surface area contributed by atoms with Crippen molar-refractivity contribution in [3.8, 4) is 0 Å². The summed E-state index contributed by atoms with van der Waals surface area (Å²) in [6, 6.07) is 1.24. The second-order valence-electron chi connectivity index (χ2n) is 2.56. The van der Waals surface area contributed by atoms with Crippen LogP contribution in [-0.2, 0) is 5.88 Å². The Labute approximate surface area is 83.9 Å². The largest absolute Gasteiger partial charge is 0.384 e. The fourth-order valence-corrected chi connectivity index (χ4v) is 1.33. The highest BCUT2D eigenvalue weighted by Gasteiger charge is 2.19. The Balaban J connectivity index is 3.40. The Morgan fingerprint density at radius 1 is 1.64 bits per heavy atom. The molecular weight excluding hydrogens is 214 g/mol. The van der Waals surface area contributed by atoms with Gasteiger partial charge in [0.2, 0.25) is 0 Å². The van der Waals surface area contributed by atoms with Crippen LogP contribution >= 0.6 is 11.6 Å². The minimum Gasteiger partial charge on any atom is -0.384 e. The van der Waals surface area contributed by atoms with E-state index in [0.717, 1.165) is 0 Å². The number of nitrogen functional groups attached to an aromatic ring is 1. The van der Waals surface area contributed by atoms with E-state index in [-0.39, 0.29) is 29.2 Å². The van der Waals surface area contributed by atoms with Crippen molar-refractivity contribution in [2.24, 2.45) is 0 Å². The van der Waals surface area contributed by atoms with Gasteiger partial charge in [0.1, 0.15) is 11.5 Å². The molecule has 0 amide bonds. The monoisotopic (exact) mass is 220 g/mol. The molecule has 0 aliphatic heterocycles. The van der Waals surface area contributed by atoms with Crippen LogP contribution in [0.1, 0.15) is 28.0 Å². The quantitative estimate of drug-likeness (QED) is 0.627. The van der Waals surface area contributed by atoms with Gasteiger partial charge in [-0.15, -0.1) is 11.6 Å². The van der Waals surface area contributed by atoms with Crippen molar-refractivity contribution in [2.45, 2.75) is 12.3 Å². The molecule has 0 fully saturated rings. The summed E-state index contributed by atoms with van der Waals surface area (Å²) in [6.45, 7) is 0. The molecular formula is C8H7ClF2N2O. The Hall–Kier alpha value is -1.23. The number of aldehydes is 1. The molecule has 6 heteroatoms. The number of carbonyl (C=O) groups excluding carboxylic acids is 1. The average Bonchev–Trinajstić information content (AvgIpc) is 2.15. The van der Waals surface area contributed by atoms with Crippen molar-refractivity contribution in [1.82, 2.24) is 4.98 Å². The van der Waals surface area contributed by atoms with Gasteiger partial charge in [-0.25, -0.2) is 13.8 Å². The summed E-state index contributed by atoms with van der Waals surface area (Å²) >= 11 is 5.44. The topological polar surface area (TPSA) is 56.0 Å². The third kappa shape index (κ3) is 1.98. The van der Waals surface area contributed by atoms with Crippen LogP contribution in [-0.4, -0.2) is 11.3 Å². The third-order valence-corrected chi connectivity index (χ3v) is 1.96. The predicted octanol–water partition coefficient (Wildman–Crippen LogP) is 2.15. The van der Waals surface area contributed by atoms with Crippen LogP contribution in [0.5, 0.6) is 0 Å². The van der Waals surface area contributed by atoms with Gasteiger partial charge in [-0.2, -0.15) is 0 Å². The first-order valence-electron chi connectivity index (χ1n) is 3.68. The predicted molar refractivity (Wildman–Crippen MR) is 48.6 cm³/mol. The third-order valence-electron chi connectivity index (χ3n) is 1.67. The van der Waals surface area contributed by atoms with Gasteiger partial charge in [-0.1, -0.05) is 0 Å². The van der Waals surface area contributed by atoms with E-state index < -0.39 is 12.0 Å². The lowest BCUT2D eigenvalue weighted by molar-refractivity contribution is 0.110. The van der Waals surface area contributed by atoms with E-state index in [4.69, 9.17) is 17.3 Å². The second-order valence-corrected chi connectivity index (χ2v) is 2.82. The van der Waals surface area contributed by atoms with Gasteiger partial charge in [0.15, 0.2) is 6.29 Å². The standard InChI is InChI=1S/C8H7ClF2N2O/c9-2-4-1-6(12)13-5(3-14)7(4)8(10)11/h1,3,8H,2H2,(H2,12,13). The van der Waals surface area contributed by atoms with Crippen LogP contribution in [0.15, 0.2) is 6.07 Å². The molecule has 0 aliphatic carbocycles. The van der Waals surface area contributed by atoms with Crippen molar-refractivity contribution in [3.63, 3.8) is 0 Å². The summed E-state index contributed by atoms with van der Waals surface area (Å²) in [6.07, 6.45) is -2.54. The van der Waals surface area contributed by atoms with E-state index in [1.807, 2.05) is 0 Å². The summed E-state index contributed by atoms with van der Waals surface area (Å²) in [5.41, 5.74) is 4.65. The molecule has 76 valence electrons. The fraction of sp³-hybridized carbons (Fsp3) is 0.250. The zero-order chi connectivity index (χ0) is 10.7. The molecule has 0 unspecified atom stereocenters. The molecule has 0 saturated carbocycles. The van der Waals surface area contributed by atoms with Crippen molar-refractivity contribution < 1.29 is 13.6 Å². The van der Waals surface area contributed by atoms with E-state index in [0.29, 0.717) is 0 Å². The summed E-state index contributed by atoms with van der Waals surface area (Å²) in [7, 11) is 0. The zero-order valence-corrected chi connectivity index (χ0v) is 7.76. The van der Waals surface area contributed by atoms with Gasteiger partial charge in [0.25, 0.3) is 6.43 Å². The minimum atomic E-state index is -2.78. The molecule has 0 aliphatic rings. The van der Waals surface area contributed by atoms with E-state index in [2.05, 4.69) is 4.98 Å². The van der Waals surface area contributed by atoms with Crippen molar-refractivity contribution in [3.05, 3.63) is 22.9 Å². The lowest BCUT2D eigenvalue weighted by Crippen LogP contribution is -2.05. The molecule has 0 atom stereocenters. The van der Waals surface area contributed by atoms with Crippen LogP contribution in [0.2, 0.25) is 0 Å². The minimum absolute atomic E-state index is 0.00662. The van der Waals surface area contributed by atoms with Gasteiger partial charge in [-0.3, -0.25) is 4.79 Å². The number of carbonyl (C=O) groups is 1. The Morgan fingerprint density at radius 3 is 2.71 bits per heavy atom. The highest BCUT2D eigenvalue weighted by molar-refractivity contribution is 6.17. The maximum atomic E-state index is 12.5. The number of halogens is 3. The van der Waals surface area contributed by atoms with Gasteiger partial charge in [-0.05, 0) is 11.6 Å². The molecule has 2 N–H and O–H groups in total. The Morgan fingerprint density at radius 2 is 2.29 bits per heavy atom. The molecule has 0 bridgehead atoms. The van der Waals surface area contributed by atoms with Crippen molar-refractivity contribution in [2.75, 3.05) is 5.73 Å². The molecule has 3 nitrogen and oxygen atoms in total. The summed E-state index contributed by atoms with van der Waals surface area (Å²) in [5.74, 6) is -0.125. The Bertz CT molecular complexity index is 357. The molecule has 1 rings (SSSR count). The first kappa shape index (κ1) is 10.8. The fourth-order valence-electron chi connectivity index (χ4n) is 1.10. The molecule has 0 saturated heterocycles. The SMILES string of the molecule is Nc1cc(CCl)c(C(F)F)c(C=O)n1. The van der Waals surface area contributed by atoms with Crippen LogP contribution in [0.25, 0.3) is 0 Å². The van der Waals surface area contributed by atoms with Crippen LogP contribution in [0.4, 0.5) is 14.6 Å². The molecule has 0 radical (unpaired) electrons. The molecule has 1 aromatic heterocycles. The highest BCUT2D eigenvalue weighted by atomic mass is 35.5. The van der Waals surface area contributed by atoms with Crippen LogP contribution in [0, 0.1) is 0 Å². The smallest absolute Gasteiger partial charge is 0.266 e. The molecule has 0 spiro atoms. The number of hydrogen-bond acceptors (Lipinski definition) is 3.